The van der Waals surface area contributed by atoms with Gasteiger partial charge in [0, 0.05) is 17.8 Å². The highest BCUT2D eigenvalue weighted by Gasteiger charge is 2.17. The highest BCUT2D eigenvalue weighted by atomic mass is 16.5. The van der Waals surface area contributed by atoms with Crippen LogP contribution in [0.3, 0.4) is 0 Å². The van der Waals surface area contributed by atoms with Crippen LogP contribution in [-0.2, 0) is 11.3 Å². The molecule has 1 unspecified atom stereocenters. The maximum atomic E-state index is 12.2. The molecule has 1 aromatic carbocycles. The summed E-state index contributed by atoms with van der Waals surface area (Å²) in [5.74, 6) is -0.00543. The minimum absolute atomic E-state index is 0.119. The maximum Gasteiger partial charge on any atom is 0.261 e. The summed E-state index contributed by atoms with van der Waals surface area (Å²) in [5, 5.41) is 11.7. The predicted octanol–water partition coefficient (Wildman–Crippen LogP) is 1.95. The number of aromatic amines is 1. The Bertz CT molecular complexity index is 849. The number of carbonyl (C=O) groups excluding carboxylic acids is 1. The fraction of sp³-hybridized carbons (Fsp3) is 0.278. The van der Waals surface area contributed by atoms with Gasteiger partial charge in [0.15, 0.2) is 6.10 Å². The van der Waals surface area contributed by atoms with Gasteiger partial charge in [-0.1, -0.05) is 12.1 Å². The molecule has 0 radical (unpaired) electrons. The van der Waals surface area contributed by atoms with Crippen molar-refractivity contribution in [1.82, 2.24) is 10.3 Å². The Morgan fingerprint density at radius 2 is 2.08 bits per heavy atom. The van der Waals surface area contributed by atoms with Crippen molar-refractivity contribution in [3.63, 3.8) is 0 Å². The number of H-pyrrole nitrogens is 1. The van der Waals surface area contributed by atoms with Gasteiger partial charge in [-0.15, -0.1) is 0 Å². The monoisotopic (exact) mass is 325 g/mol. The van der Waals surface area contributed by atoms with E-state index in [2.05, 4.69) is 10.3 Å². The lowest BCUT2D eigenvalue weighted by Crippen LogP contribution is -2.37. The first-order valence-corrected chi connectivity index (χ1v) is 7.55. The van der Waals surface area contributed by atoms with Gasteiger partial charge in [-0.25, -0.2) is 0 Å². The van der Waals surface area contributed by atoms with E-state index in [4.69, 9.17) is 10.00 Å². The minimum Gasteiger partial charge on any atom is -0.480 e. The Hall–Kier alpha value is -3.07. The molecule has 2 N–H and O–H groups in total. The van der Waals surface area contributed by atoms with E-state index in [1.54, 1.807) is 38.1 Å². The number of nitrogens with one attached hydrogen (secondary N) is 2. The van der Waals surface area contributed by atoms with Crippen LogP contribution in [0.1, 0.15) is 29.3 Å². The van der Waals surface area contributed by atoms with Crippen LogP contribution < -0.4 is 15.6 Å². The molecule has 0 aliphatic carbocycles. The van der Waals surface area contributed by atoms with Crippen molar-refractivity contribution >= 4 is 5.91 Å². The molecular weight excluding hydrogens is 306 g/mol. The number of amides is 1. The van der Waals surface area contributed by atoms with Gasteiger partial charge < -0.3 is 15.0 Å². The standard InChI is InChI=1S/C18H19N3O3/c1-11-8-12(2)21-18(23)15(11)10-20-17(22)13(3)24-16-7-5-4-6-14(16)9-19/h4-8,13H,10H2,1-3H3,(H,20,22)(H,21,23). The zero-order valence-electron chi connectivity index (χ0n) is 13.8. The second kappa shape index (κ2) is 7.47. The first kappa shape index (κ1) is 17.3. The zero-order chi connectivity index (χ0) is 17.7. The van der Waals surface area contributed by atoms with E-state index in [0.717, 1.165) is 11.3 Å². The molecule has 0 aliphatic rings. The molecule has 6 heteroatoms. The van der Waals surface area contributed by atoms with Crippen LogP contribution >= 0.6 is 0 Å². The van der Waals surface area contributed by atoms with Crippen LogP contribution in [0.15, 0.2) is 35.1 Å². The van der Waals surface area contributed by atoms with Crippen LogP contribution in [0.4, 0.5) is 0 Å². The van der Waals surface area contributed by atoms with E-state index in [-0.39, 0.29) is 18.0 Å². The summed E-state index contributed by atoms with van der Waals surface area (Å²) in [6.07, 6.45) is -0.788. The molecular formula is C18H19N3O3. The Kier molecular flexibility index (Phi) is 5.38. The fourth-order valence-electron chi connectivity index (χ4n) is 2.33. The molecule has 0 bridgehead atoms. The Morgan fingerprint density at radius 1 is 1.38 bits per heavy atom. The van der Waals surface area contributed by atoms with Gasteiger partial charge in [-0.3, -0.25) is 9.59 Å². The van der Waals surface area contributed by atoms with Crippen LogP contribution in [0.25, 0.3) is 0 Å². The van der Waals surface area contributed by atoms with Crippen molar-refractivity contribution in [3.8, 4) is 11.8 Å². The molecule has 1 amide bonds. The van der Waals surface area contributed by atoms with Gasteiger partial charge in [-0.2, -0.15) is 5.26 Å². The molecule has 6 nitrogen and oxygen atoms in total. The summed E-state index contributed by atoms with van der Waals surface area (Å²) in [6.45, 7) is 5.34. The number of nitriles is 1. The van der Waals surface area contributed by atoms with Gasteiger partial charge >= 0.3 is 0 Å². The molecule has 0 saturated carbocycles. The Morgan fingerprint density at radius 3 is 2.75 bits per heavy atom. The molecule has 0 saturated heterocycles. The average molecular weight is 325 g/mol. The third kappa shape index (κ3) is 4.02. The smallest absolute Gasteiger partial charge is 0.261 e. The van der Waals surface area contributed by atoms with Crippen molar-refractivity contribution in [2.45, 2.75) is 33.4 Å². The number of nitrogens with zero attached hydrogens (tertiary/aromatic N) is 1. The van der Waals surface area contributed by atoms with Gasteiger partial charge in [0.2, 0.25) is 0 Å². The molecule has 24 heavy (non-hydrogen) atoms. The van der Waals surface area contributed by atoms with Crippen LogP contribution in [0.2, 0.25) is 0 Å². The van der Waals surface area contributed by atoms with Crippen molar-refractivity contribution in [3.05, 3.63) is 63.1 Å². The topological polar surface area (TPSA) is 95.0 Å². The molecule has 0 fully saturated rings. The van der Waals surface area contributed by atoms with Crippen LogP contribution in [-0.4, -0.2) is 17.0 Å². The van der Waals surface area contributed by atoms with Gasteiger partial charge in [-0.05, 0) is 44.5 Å². The SMILES string of the molecule is Cc1cc(C)c(CNC(=O)C(C)Oc2ccccc2C#N)c(=O)[nH]1. The Balaban J connectivity index is 2.03. The van der Waals surface area contributed by atoms with Crippen molar-refractivity contribution in [2.24, 2.45) is 0 Å². The maximum absolute atomic E-state index is 12.2. The predicted molar refractivity (Wildman–Crippen MR) is 89.6 cm³/mol. The van der Waals surface area contributed by atoms with Gasteiger partial charge in [0.05, 0.1) is 5.56 Å². The van der Waals surface area contributed by atoms with Crippen LogP contribution in [0, 0.1) is 25.2 Å². The molecule has 124 valence electrons. The first-order chi connectivity index (χ1) is 11.4. The fourth-order valence-corrected chi connectivity index (χ4v) is 2.33. The summed E-state index contributed by atoms with van der Waals surface area (Å²) >= 11 is 0. The van der Waals surface area contributed by atoms with E-state index in [9.17, 15) is 9.59 Å². The highest BCUT2D eigenvalue weighted by Crippen LogP contribution is 2.18. The van der Waals surface area contributed by atoms with E-state index < -0.39 is 6.10 Å². The zero-order valence-corrected chi connectivity index (χ0v) is 13.8. The minimum atomic E-state index is -0.788. The second-order valence-electron chi connectivity index (χ2n) is 5.53. The third-order valence-corrected chi connectivity index (χ3v) is 3.61. The van der Waals surface area contributed by atoms with Crippen molar-refractivity contribution in [2.75, 3.05) is 0 Å². The average Bonchev–Trinajstić information content (AvgIpc) is 2.54. The molecule has 2 rings (SSSR count). The number of rotatable bonds is 5. The van der Waals surface area contributed by atoms with E-state index in [1.165, 1.54) is 0 Å². The highest BCUT2D eigenvalue weighted by molar-refractivity contribution is 5.80. The van der Waals surface area contributed by atoms with Crippen molar-refractivity contribution < 1.29 is 9.53 Å². The third-order valence-electron chi connectivity index (χ3n) is 3.61. The normalized spacial score (nSPS) is 11.4. The lowest BCUT2D eigenvalue weighted by molar-refractivity contribution is -0.127. The summed E-state index contributed by atoms with van der Waals surface area (Å²) in [7, 11) is 0. The summed E-state index contributed by atoms with van der Waals surface area (Å²) in [4.78, 5) is 26.8. The number of pyridine rings is 1. The summed E-state index contributed by atoms with van der Waals surface area (Å²) in [6, 6.07) is 10.6. The van der Waals surface area contributed by atoms with E-state index in [0.29, 0.717) is 16.9 Å². The number of hydrogen-bond acceptors (Lipinski definition) is 4. The van der Waals surface area contributed by atoms with Crippen LogP contribution in [0.5, 0.6) is 5.75 Å². The first-order valence-electron chi connectivity index (χ1n) is 7.55. The second-order valence-corrected chi connectivity index (χ2v) is 5.53. The van der Waals surface area contributed by atoms with Crippen molar-refractivity contribution in [1.29, 1.82) is 5.26 Å². The molecule has 0 aliphatic heterocycles. The number of carbonyl (C=O) groups is 1. The number of hydrogen-bond donors (Lipinski definition) is 2. The summed E-state index contributed by atoms with van der Waals surface area (Å²) < 4.78 is 5.55. The molecule has 1 aromatic heterocycles. The molecule has 2 aromatic rings. The number of ether oxygens (including phenoxy) is 1. The Labute approximate surface area is 140 Å². The molecule has 0 spiro atoms. The largest absolute Gasteiger partial charge is 0.480 e. The lowest BCUT2D eigenvalue weighted by atomic mass is 10.1. The van der Waals surface area contributed by atoms with E-state index in [1.807, 2.05) is 19.1 Å². The lowest BCUT2D eigenvalue weighted by Gasteiger charge is -2.16. The summed E-state index contributed by atoms with van der Waals surface area (Å²) in [5.41, 5.74) is 2.26. The number of para-hydroxylation sites is 1. The quantitative estimate of drug-likeness (QED) is 0.878. The van der Waals surface area contributed by atoms with E-state index >= 15 is 0 Å². The molecule has 1 atom stereocenters. The molecule has 1 heterocycles. The number of aryl methyl sites for hydroxylation is 2. The number of aromatic nitrogens is 1. The number of benzene rings is 1. The van der Waals surface area contributed by atoms with Gasteiger partial charge in [0.1, 0.15) is 11.8 Å². The van der Waals surface area contributed by atoms with Gasteiger partial charge in [0.25, 0.3) is 11.5 Å².